The van der Waals surface area contributed by atoms with E-state index in [-0.39, 0.29) is 30.7 Å². The molecule has 7 heteroatoms. The molecule has 2 heterocycles. The molecule has 0 amide bonds. The number of hydrogen-bond acceptors (Lipinski definition) is 3. The molecule has 29 heavy (non-hydrogen) atoms. The van der Waals surface area contributed by atoms with E-state index in [1.54, 1.807) is 38.4 Å². The molecule has 4 aromatic rings. The maximum Gasteiger partial charge on any atom is 0.262 e. The molecule has 0 fully saturated rings. The lowest BCUT2D eigenvalue weighted by Crippen LogP contribution is -2.22. The van der Waals surface area contributed by atoms with Crippen LogP contribution in [0.1, 0.15) is 17.5 Å². The van der Waals surface area contributed by atoms with Gasteiger partial charge >= 0.3 is 0 Å². The van der Waals surface area contributed by atoms with Crippen LogP contribution in [0.25, 0.3) is 21.8 Å². The number of carbonyl (C=O) groups excluding carboxylic acids is 1. The summed E-state index contributed by atoms with van der Waals surface area (Å²) in [5.41, 5.74) is 1.66. The molecule has 0 aliphatic carbocycles. The van der Waals surface area contributed by atoms with Gasteiger partial charge in [0.15, 0.2) is 0 Å². The summed E-state index contributed by atoms with van der Waals surface area (Å²) in [7, 11) is 1.71. The van der Waals surface area contributed by atoms with Crippen LogP contribution in [0.5, 0.6) is 0 Å². The summed E-state index contributed by atoms with van der Waals surface area (Å²) in [4.78, 5) is 25.4. The van der Waals surface area contributed by atoms with Crippen molar-refractivity contribution in [3.63, 3.8) is 0 Å². The highest BCUT2D eigenvalue weighted by Gasteiger charge is 2.16. The Kier molecular flexibility index (Phi) is 4.74. The van der Waals surface area contributed by atoms with Gasteiger partial charge in [0.1, 0.15) is 22.9 Å². The first kappa shape index (κ1) is 19.0. The van der Waals surface area contributed by atoms with E-state index >= 15 is 0 Å². The third-order valence-corrected chi connectivity index (χ3v) is 5.02. The first-order valence-corrected chi connectivity index (χ1v) is 9.25. The van der Waals surface area contributed by atoms with Gasteiger partial charge in [-0.3, -0.25) is 14.3 Å². The number of nitrogens with zero attached hydrogens (tertiary/aromatic N) is 3. The van der Waals surface area contributed by atoms with Gasteiger partial charge in [0.25, 0.3) is 5.56 Å². The molecule has 0 atom stereocenters. The number of aryl methyl sites for hydroxylation is 3. The summed E-state index contributed by atoms with van der Waals surface area (Å²) in [5, 5.41) is 5.36. The number of halogens is 2. The molecule has 148 valence electrons. The summed E-state index contributed by atoms with van der Waals surface area (Å²) in [5.74, 6) is -1.09. The number of rotatable bonds is 5. The number of aromatic nitrogens is 3. The first-order chi connectivity index (χ1) is 13.8. The predicted molar refractivity (Wildman–Crippen MR) is 107 cm³/mol. The van der Waals surface area contributed by atoms with Crippen LogP contribution >= 0.6 is 0 Å². The minimum absolute atomic E-state index is 0.0323. The van der Waals surface area contributed by atoms with Gasteiger partial charge in [-0.2, -0.15) is 5.10 Å². The topological polar surface area (TPSA) is 56.9 Å². The smallest absolute Gasteiger partial charge is 0.262 e. The van der Waals surface area contributed by atoms with Crippen molar-refractivity contribution in [3.05, 3.63) is 75.7 Å². The minimum atomic E-state index is -0.478. The second-order valence-electron chi connectivity index (χ2n) is 7.24. The first-order valence-electron chi connectivity index (χ1n) is 9.25. The van der Waals surface area contributed by atoms with Crippen LogP contribution in [0.15, 0.2) is 47.4 Å². The van der Waals surface area contributed by atoms with Crippen LogP contribution in [-0.2, 0) is 24.8 Å². The number of fused-ring (bicyclic) bond motifs is 3. The Labute approximate surface area is 165 Å². The molecular weight excluding hydrogens is 376 g/mol. The van der Waals surface area contributed by atoms with E-state index in [2.05, 4.69) is 5.10 Å². The largest absolute Gasteiger partial charge is 0.307 e. The molecule has 0 saturated heterocycles. The van der Waals surface area contributed by atoms with E-state index in [1.807, 2.05) is 0 Å². The van der Waals surface area contributed by atoms with Gasteiger partial charge in [-0.25, -0.2) is 8.78 Å². The van der Waals surface area contributed by atoms with Crippen molar-refractivity contribution in [2.24, 2.45) is 7.05 Å². The van der Waals surface area contributed by atoms with E-state index in [9.17, 15) is 18.4 Å². The van der Waals surface area contributed by atoms with Gasteiger partial charge in [-0.05, 0) is 42.3 Å². The van der Waals surface area contributed by atoms with Crippen LogP contribution in [0.3, 0.4) is 0 Å². The summed E-state index contributed by atoms with van der Waals surface area (Å²) in [6, 6.07) is 8.91. The molecule has 0 N–H and O–H groups in total. The Morgan fingerprint density at radius 1 is 1.10 bits per heavy atom. The van der Waals surface area contributed by atoms with Gasteiger partial charge < -0.3 is 4.57 Å². The average molecular weight is 395 g/mol. The number of benzene rings is 2. The molecular formula is C22H19F2N3O2. The number of ketones is 1. The molecule has 2 aromatic heterocycles. The molecule has 5 nitrogen and oxygen atoms in total. The van der Waals surface area contributed by atoms with E-state index in [0.29, 0.717) is 27.4 Å². The molecule has 0 unspecified atom stereocenters. The summed E-state index contributed by atoms with van der Waals surface area (Å²) < 4.78 is 30.8. The van der Waals surface area contributed by atoms with Crippen LogP contribution < -0.4 is 5.56 Å². The maximum atomic E-state index is 14.0. The van der Waals surface area contributed by atoms with Crippen LogP contribution in [-0.4, -0.2) is 20.1 Å². The van der Waals surface area contributed by atoms with E-state index < -0.39 is 11.6 Å². The fraction of sp³-hybridized carbons (Fsp3) is 0.227. The number of hydrogen-bond donors (Lipinski definition) is 0. The monoisotopic (exact) mass is 395 g/mol. The summed E-state index contributed by atoms with van der Waals surface area (Å²) >= 11 is 0. The molecule has 0 radical (unpaired) electrons. The standard InChI is InChI=1S/C22H19F2N3O2/c1-13-3-4-14(19(24)9-13)10-16(28)7-8-27-20-11-15(23)5-6-17(20)21-18(22(27)29)12-26(2)25-21/h3-6,9,11-12H,7-8,10H2,1-2H3. The van der Waals surface area contributed by atoms with E-state index in [4.69, 9.17) is 0 Å². The van der Waals surface area contributed by atoms with Gasteiger partial charge in [0.2, 0.25) is 0 Å². The second-order valence-corrected chi connectivity index (χ2v) is 7.24. The van der Waals surface area contributed by atoms with Crippen molar-refractivity contribution in [2.45, 2.75) is 26.3 Å². The fourth-order valence-corrected chi connectivity index (χ4v) is 3.58. The Morgan fingerprint density at radius 3 is 2.66 bits per heavy atom. The lowest BCUT2D eigenvalue weighted by atomic mass is 10.0. The highest BCUT2D eigenvalue weighted by molar-refractivity contribution is 6.03. The third kappa shape index (κ3) is 3.55. The van der Waals surface area contributed by atoms with Gasteiger partial charge in [0.05, 0.1) is 10.9 Å². The van der Waals surface area contributed by atoms with Crippen LogP contribution in [0.4, 0.5) is 8.78 Å². The second kappa shape index (κ2) is 7.24. The van der Waals surface area contributed by atoms with Crippen molar-refractivity contribution in [3.8, 4) is 0 Å². The Hall–Kier alpha value is -3.35. The SMILES string of the molecule is Cc1ccc(CC(=O)CCn2c(=O)c3cn(C)nc3c3ccc(F)cc32)c(F)c1. The quantitative estimate of drug-likeness (QED) is 0.518. The molecule has 4 rings (SSSR count). The fourth-order valence-electron chi connectivity index (χ4n) is 3.58. The number of pyridine rings is 1. The molecule has 0 aliphatic rings. The Balaban J connectivity index is 1.68. The molecule has 2 aromatic carbocycles. The van der Waals surface area contributed by atoms with Crippen molar-refractivity contribution in [2.75, 3.05) is 0 Å². The van der Waals surface area contributed by atoms with E-state index in [1.165, 1.54) is 27.4 Å². The van der Waals surface area contributed by atoms with Crippen molar-refractivity contribution >= 4 is 27.6 Å². The van der Waals surface area contributed by atoms with Crippen molar-refractivity contribution < 1.29 is 13.6 Å². The highest BCUT2D eigenvalue weighted by Crippen LogP contribution is 2.22. The third-order valence-electron chi connectivity index (χ3n) is 5.02. The van der Waals surface area contributed by atoms with Crippen LogP contribution in [0.2, 0.25) is 0 Å². The molecule has 0 spiro atoms. The maximum absolute atomic E-state index is 14.0. The minimum Gasteiger partial charge on any atom is -0.307 e. The zero-order chi connectivity index (χ0) is 20.7. The number of Topliss-reactive ketones (excluding diaryl/α,β-unsaturated/α-hetero) is 1. The lowest BCUT2D eigenvalue weighted by Gasteiger charge is -2.11. The normalized spacial score (nSPS) is 11.4. The van der Waals surface area contributed by atoms with Gasteiger partial charge in [-0.15, -0.1) is 0 Å². The zero-order valence-corrected chi connectivity index (χ0v) is 16.1. The van der Waals surface area contributed by atoms with Gasteiger partial charge in [0, 0.05) is 38.0 Å². The summed E-state index contributed by atoms with van der Waals surface area (Å²) in [6.07, 6.45) is 1.59. The Morgan fingerprint density at radius 2 is 1.90 bits per heavy atom. The Bertz CT molecular complexity index is 1320. The lowest BCUT2D eigenvalue weighted by molar-refractivity contribution is -0.118. The molecule has 0 aliphatic heterocycles. The van der Waals surface area contributed by atoms with Gasteiger partial charge in [-0.1, -0.05) is 12.1 Å². The highest BCUT2D eigenvalue weighted by atomic mass is 19.1. The molecule has 0 bridgehead atoms. The molecule has 0 saturated carbocycles. The van der Waals surface area contributed by atoms with Crippen LogP contribution in [0, 0.1) is 18.6 Å². The van der Waals surface area contributed by atoms with Crippen molar-refractivity contribution in [1.29, 1.82) is 0 Å². The van der Waals surface area contributed by atoms with Crippen molar-refractivity contribution in [1.82, 2.24) is 14.3 Å². The summed E-state index contributed by atoms with van der Waals surface area (Å²) in [6.45, 7) is 1.86. The average Bonchev–Trinajstić information content (AvgIpc) is 3.06. The predicted octanol–water partition coefficient (Wildman–Crippen LogP) is 3.68. The van der Waals surface area contributed by atoms with E-state index in [0.717, 1.165) is 5.56 Å². The zero-order valence-electron chi connectivity index (χ0n) is 16.1. The number of carbonyl (C=O) groups is 1.